The van der Waals surface area contributed by atoms with E-state index in [1.807, 2.05) is 48.5 Å². The van der Waals surface area contributed by atoms with Crippen molar-refractivity contribution in [3.8, 4) is 22.3 Å². The van der Waals surface area contributed by atoms with Crippen LogP contribution in [0.5, 0.6) is 0 Å². The third-order valence-electron chi connectivity index (χ3n) is 9.48. The highest BCUT2D eigenvalue weighted by molar-refractivity contribution is 6.63. The van der Waals surface area contributed by atoms with E-state index in [0.717, 1.165) is 27.8 Å². The maximum absolute atomic E-state index is 10.4. The SMILES string of the molecule is CC1(C)c2ccccc2-c2c(-c3ccc(N(C4=CC=C/C(=N/O)C4=N)C4=CC=C(c5ccccc5)C(=N)/C4=N\O)c4nonc34)cccc21. The fourth-order valence-electron chi connectivity index (χ4n) is 7.14. The molecule has 0 unspecified atom stereocenters. The van der Waals surface area contributed by atoms with Gasteiger partial charge in [-0.15, -0.1) is 0 Å². The largest absolute Gasteiger partial charge is 0.410 e. The minimum Gasteiger partial charge on any atom is -0.410 e. The minimum absolute atomic E-state index is 0.0157. The number of allylic oxidation sites excluding steroid dienone is 8. The van der Waals surface area contributed by atoms with Gasteiger partial charge in [-0.05, 0) is 80.1 Å². The topological polar surface area (TPSA) is 155 Å². The maximum atomic E-state index is 10.4. The van der Waals surface area contributed by atoms with E-state index < -0.39 is 0 Å². The molecule has 238 valence electrons. The molecule has 49 heavy (non-hydrogen) atoms. The molecule has 0 saturated heterocycles. The van der Waals surface area contributed by atoms with Crippen LogP contribution in [0.25, 0.3) is 38.9 Å². The Morgan fingerprint density at radius 3 is 2.22 bits per heavy atom. The zero-order valence-electron chi connectivity index (χ0n) is 26.5. The van der Waals surface area contributed by atoms with Crippen molar-refractivity contribution in [2.75, 3.05) is 4.90 Å². The van der Waals surface area contributed by atoms with E-state index >= 15 is 0 Å². The molecule has 1 aromatic heterocycles. The number of nitrogens with zero attached hydrogens (tertiary/aromatic N) is 5. The Bertz CT molecular complexity index is 2430. The number of anilines is 1. The quantitative estimate of drug-likeness (QED) is 0.0861. The highest BCUT2D eigenvalue weighted by Crippen LogP contribution is 2.53. The number of benzene rings is 4. The van der Waals surface area contributed by atoms with Gasteiger partial charge in [0.1, 0.15) is 16.9 Å². The molecule has 0 amide bonds. The van der Waals surface area contributed by atoms with E-state index in [-0.39, 0.29) is 28.3 Å². The molecule has 4 aromatic carbocycles. The molecule has 0 atom stereocenters. The fraction of sp³-hybridized carbons (Fsp3) is 0.0769. The standard InChI is InChI=1S/C39H29N7O3/c1-39(2)27-14-7-6-12-26(27)33-24(13-8-15-28(33)39)25-19-21-32(38-36(25)44-49-45-38)46(30-17-9-16-29(42-47)35(30)41)31-20-18-23(34(40)37(31)43-48)22-10-4-3-5-11-22/h3-21,40-41,47-48H,1-2H3/b40-34?,41-35?,42-29-,43-37-. The second-order valence-electron chi connectivity index (χ2n) is 12.4. The van der Waals surface area contributed by atoms with Gasteiger partial charge in [0.2, 0.25) is 0 Å². The molecule has 10 heteroatoms. The number of hydrogen-bond acceptors (Lipinski definition) is 10. The van der Waals surface area contributed by atoms with Crippen LogP contribution in [-0.4, -0.2) is 43.6 Å². The third kappa shape index (κ3) is 4.41. The van der Waals surface area contributed by atoms with Crippen LogP contribution in [0.3, 0.4) is 0 Å². The Balaban J connectivity index is 1.35. The van der Waals surface area contributed by atoms with Gasteiger partial charge in [0, 0.05) is 16.6 Å². The first-order chi connectivity index (χ1) is 23.8. The molecule has 0 aliphatic heterocycles. The molecule has 0 spiro atoms. The summed E-state index contributed by atoms with van der Waals surface area (Å²) in [5.41, 5.74) is 9.47. The average molecular weight is 644 g/mol. The van der Waals surface area contributed by atoms with Crippen molar-refractivity contribution in [1.82, 2.24) is 10.3 Å². The lowest BCUT2D eigenvalue weighted by Gasteiger charge is -2.32. The molecule has 0 saturated carbocycles. The average Bonchev–Trinajstić information content (AvgIpc) is 3.71. The summed E-state index contributed by atoms with van der Waals surface area (Å²) in [6.07, 6.45) is 8.36. The molecule has 8 rings (SSSR count). The van der Waals surface area contributed by atoms with Crippen LogP contribution in [0.15, 0.2) is 142 Å². The van der Waals surface area contributed by atoms with Gasteiger partial charge in [-0.1, -0.05) is 103 Å². The number of nitrogens with one attached hydrogen (secondary N) is 2. The van der Waals surface area contributed by atoms with Gasteiger partial charge in [-0.25, -0.2) is 4.63 Å². The molecule has 3 aliphatic rings. The van der Waals surface area contributed by atoms with Crippen molar-refractivity contribution >= 4 is 45.1 Å². The summed E-state index contributed by atoms with van der Waals surface area (Å²) in [5, 5.41) is 53.8. The molecule has 10 nitrogen and oxygen atoms in total. The van der Waals surface area contributed by atoms with Crippen LogP contribution in [0, 0.1) is 10.8 Å². The van der Waals surface area contributed by atoms with Crippen LogP contribution in [0.1, 0.15) is 30.5 Å². The van der Waals surface area contributed by atoms with Crippen LogP contribution < -0.4 is 4.90 Å². The Kier molecular flexibility index (Phi) is 6.81. The van der Waals surface area contributed by atoms with E-state index in [1.54, 1.807) is 29.2 Å². The summed E-state index contributed by atoms with van der Waals surface area (Å²) in [7, 11) is 0. The van der Waals surface area contributed by atoms with Crippen LogP contribution in [-0.2, 0) is 5.41 Å². The van der Waals surface area contributed by atoms with Gasteiger partial charge in [0.05, 0.1) is 22.8 Å². The monoisotopic (exact) mass is 643 g/mol. The Morgan fingerprint density at radius 2 is 1.43 bits per heavy atom. The lowest BCUT2D eigenvalue weighted by molar-refractivity contribution is 0.315. The van der Waals surface area contributed by atoms with Gasteiger partial charge in [0.25, 0.3) is 0 Å². The molecule has 1 heterocycles. The fourth-order valence-corrected chi connectivity index (χ4v) is 7.14. The first kappa shape index (κ1) is 29.7. The molecule has 5 aromatic rings. The first-order valence-electron chi connectivity index (χ1n) is 15.6. The van der Waals surface area contributed by atoms with E-state index in [2.05, 4.69) is 70.9 Å². The summed E-state index contributed by atoms with van der Waals surface area (Å²) < 4.78 is 5.41. The highest BCUT2D eigenvalue weighted by Gasteiger charge is 2.38. The number of aromatic nitrogens is 2. The molecule has 0 radical (unpaired) electrons. The number of rotatable bonds is 5. The minimum atomic E-state index is -0.197. The van der Waals surface area contributed by atoms with Gasteiger partial charge in [-0.2, -0.15) is 0 Å². The Morgan fingerprint density at radius 1 is 0.694 bits per heavy atom. The lowest BCUT2D eigenvalue weighted by atomic mass is 9.82. The molecular formula is C39H29N7O3. The van der Waals surface area contributed by atoms with Crippen molar-refractivity contribution in [3.05, 3.63) is 143 Å². The molecular weight excluding hydrogens is 614 g/mol. The van der Waals surface area contributed by atoms with Gasteiger partial charge in [0.15, 0.2) is 11.2 Å². The van der Waals surface area contributed by atoms with Crippen molar-refractivity contribution in [3.63, 3.8) is 0 Å². The van der Waals surface area contributed by atoms with E-state index in [4.69, 9.17) is 15.4 Å². The molecule has 4 N–H and O–H groups in total. The van der Waals surface area contributed by atoms with Crippen molar-refractivity contribution < 1.29 is 15.0 Å². The number of hydrogen-bond donors (Lipinski definition) is 4. The molecule has 0 bridgehead atoms. The summed E-state index contributed by atoms with van der Waals surface area (Å²) in [4.78, 5) is 1.66. The zero-order valence-corrected chi connectivity index (χ0v) is 26.5. The first-order valence-corrected chi connectivity index (χ1v) is 15.6. The van der Waals surface area contributed by atoms with Crippen molar-refractivity contribution in [2.24, 2.45) is 10.3 Å². The van der Waals surface area contributed by atoms with E-state index in [1.165, 1.54) is 17.2 Å². The molecule has 3 aliphatic carbocycles. The van der Waals surface area contributed by atoms with E-state index in [0.29, 0.717) is 33.7 Å². The van der Waals surface area contributed by atoms with Gasteiger partial charge < -0.3 is 15.3 Å². The molecule has 0 fully saturated rings. The predicted molar refractivity (Wildman–Crippen MR) is 191 cm³/mol. The van der Waals surface area contributed by atoms with Crippen molar-refractivity contribution in [1.29, 1.82) is 10.8 Å². The maximum Gasteiger partial charge on any atom is 0.159 e. The smallest absolute Gasteiger partial charge is 0.159 e. The van der Waals surface area contributed by atoms with Gasteiger partial charge >= 0.3 is 0 Å². The summed E-state index contributed by atoms with van der Waals surface area (Å²) >= 11 is 0. The summed E-state index contributed by atoms with van der Waals surface area (Å²) in [6, 6.07) is 27.9. The predicted octanol–water partition coefficient (Wildman–Crippen LogP) is 8.14. The van der Waals surface area contributed by atoms with Crippen LogP contribution >= 0.6 is 0 Å². The normalized spacial score (nSPS) is 18.0. The Hall–Kier alpha value is -6.68. The number of oxime groups is 2. The summed E-state index contributed by atoms with van der Waals surface area (Å²) in [5.74, 6) is 0. The second kappa shape index (κ2) is 11.2. The van der Waals surface area contributed by atoms with Crippen LogP contribution in [0.2, 0.25) is 0 Å². The Labute approximate surface area is 281 Å². The third-order valence-corrected chi connectivity index (χ3v) is 9.48. The second-order valence-corrected chi connectivity index (χ2v) is 12.4. The zero-order chi connectivity index (χ0) is 33.9. The van der Waals surface area contributed by atoms with Crippen LogP contribution in [0.4, 0.5) is 5.69 Å². The van der Waals surface area contributed by atoms with Crippen molar-refractivity contribution in [2.45, 2.75) is 19.3 Å². The van der Waals surface area contributed by atoms with Gasteiger partial charge in [-0.3, -0.25) is 10.8 Å². The number of fused-ring (bicyclic) bond motifs is 4. The lowest BCUT2D eigenvalue weighted by Crippen LogP contribution is -2.37. The highest BCUT2D eigenvalue weighted by atomic mass is 16.6. The van der Waals surface area contributed by atoms with E-state index in [9.17, 15) is 10.4 Å². The summed E-state index contributed by atoms with van der Waals surface area (Å²) in [6.45, 7) is 4.46.